The van der Waals surface area contributed by atoms with Crippen molar-refractivity contribution in [1.82, 2.24) is 0 Å². The second-order valence-corrected chi connectivity index (χ2v) is 12.0. The van der Waals surface area contributed by atoms with Crippen LogP contribution in [0.25, 0.3) is 64.0 Å². The molecule has 2 aromatic heterocycles. The van der Waals surface area contributed by atoms with Gasteiger partial charge in [0.25, 0.3) is 0 Å². The molecule has 0 bridgehead atoms. The molecule has 0 saturated carbocycles. The third-order valence-corrected chi connectivity index (χ3v) is 9.60. The largest absolute Gasteiger partial charge is 0.456 e. The van der Waals surface area contributed by atoms with Gasteiger partial charge in [-0.25, -0.2) is 0 Å². The number of furan rings is 1. The molecule has 0 saturated heterocycles. The lowest BCUT2D eigenvalue weighted by Gasteiger charge is -2.29. The quantitative estimate of drug-likeness (QED) is 0.210. The van der Waals surface area contributed by atoms with Crippen LogP contribution in [0.3, 0.4) is 0 Å². The van der Waals surface area contributed by atoms with Crippen LogP contribution in [0, 0.1) is 0 Å². The minimum absolute atomic E-state index is 0.899. The van der Waals surface area contributed by atoms with E-state index in [0.717, 1.165) is 44.4 Å². The first-order valence-electron chi connectivity index (χ1n) is 14.5. The van der Waals surface area contributed by atoms with Crippen molar-refractivity contribution < 1.29 is 4.42 Å². The van der Waals surface area contributed by atoms with Crippen LogP contribution in [0.15, 0.2) is 156 Å². The zero-order valence-electron chi connectivity index (χ0n) is 23.2. The maximum absolute atomic E-state index is 6.33. The van der Waals surface area contributed by atoms with Crippen LogP contribution in [0.1, 0.15) is 0 Å². The first-order chi connectivity index (χ1) is 21.3. The zero-order chi connectivity index (χ0) is 28.3. The molecular weight excluding hydrogens is 543 g/mol. The number of benzene rings is 7. The van der Waals surface area contributed by atoms with E-state index in [1.165, 1.54) is 36.6 Å². The molecule has 0 radical (unpaired) electrons. The number of hydrogen-bond donors (Lipinski definition) is 0. The van der Waals surface area contributed by atoms with Crippen LogP contribution >= 0.6 is 11.3 Å². The molecule has 9 aromatic rings. The van der Waals surface area contributed by atoms with Gasteiger partial charge in [0.1, 0.15) is 11.2 Å². The molecule has 43 heavy (non-hydrogen) atoms. The van der Waals surface area contributed by atoms with Crippen molar-refractivity contribution >= 4 is 81.3 Å². The summed E-state index contributed by atoms with van der Waals surface area (Å²) < 4.78 is 8.91. The van der Waals surface area contributed by atoms with Crippen molar-refractivity contribution in [3.8, 4) is 11.1 Å². The minimum Gasteiger partial charge on any atom is -0.456 e. The normalized spacial score (nSPS) is 11.7. The first-order valence-corrected chi connectivity index (χ1v) is 15.3. The molecule has 3 heteroatoms. The van der Waals surface area contributed by atoms with E-state index in [2.05, 4.69) is 144 Å². The van der Waals surface area contributed by atoms with E-state index >= 15 is 0 Å². The van der Waals surface area contributed by atoms with Gasteiger partial charge in [0.05, 0.1) is 17.1 Å². The van der Waals surface area contributed by atoms with Gasteiger partial charge in [-0.2, -0.15) is 0 Å². The molecule has 0 aliphatic carbocycles. The van der Waals surface area contributed by atoms with E-state index < -0.39 is 0 Å². The van der Waals surface area contributed by atoms with Crippen molar-refractivity contribution in [2.24, 2.45) is 0 Å². The van der Waals surface area contributed by atoms with E-state index in [1.54, 1.807) is 0 Å². The Labute approximate surface area is 252 Å². The monoisotopic (exact) mass is 567 g/mol. The Balaban J connectivity index is 1.35. The topological polar surface area (TPSA) is 16.4 Å². The van der Waals surface area contributed by atoms with Gasteiger partial charge in [0.2, 0.25) is 0 Å². The molecule has 2 heterocycles. The lowest BCUT2D eigenvalue weighted by molar-refractivity contribution is 0.669. The number of anilines is 3. The second kappa shape index (κ2) is 9.59. The lowest BCUT2D eigenvalue weighted by atomic mass is 9.98. The van der Waals surface area contributed by atoms with E-state index in [4.69, 9.17) is 4.42 Å². The molecule has 7 aromatic carbocycles. The van der Waals surface area contributed by atoms with Crippen LogP contribution in [-0.4, -0.2) is 0 Å². The third-order valence-electron chi connectivity index (χ3n) is 8.46. The number of rotatable bonds is 4. The van der Waals surface area contributed by atoms with Gasteiger partial charge in [0.15, 0.2) is 0 Å². The predicted octanol–water partition coefficient (Wildman–Crippen LogP) is 12.2. The molecule has 0 N–H and O–H groups in total. The maximum atomic E-state index is 6.33. The van der Waals surface area contributed by atoms with Crippen LogP contribution < -0.4 is 4.90 Å². The Hall–Kier alpha value is -5.38. The van der Waals surface area contributed by atoms with Gasteiger partial charge in [-0.05, 0) is 59.5 Å². The molecule has 0 spiro atoms. The standard InChI is InChI=1S/C40H25NOS/c1-2-13-28-26(11-1)12-9-18-34(28)41(35-19-10-22-39-40(35)32-16-5-8-21-38(32)43-39)33-17-6-3-14-29(33)27-23-24-31-30-15-4-7-20-36(30)42-37(31)25-27/h1-25H. The van der Waals surface area contributed by atoms with Crippen LogP contribution in [-0.2, 0) is 0 Å². The molecule has 202 valence electrons. The summed E-state index contributed by atoms with van der Waals surface area (Å²) in [5, 5.41) is 7.27. The molecular formula is C40H25NOS. The smallest absolute Gasteiger partial charge is 0.136 e. The number of fused-ring (bicyclic) bond motifs is 7. The lowest BCUT2D eigenvalue weighted by Crippen LogP contribution is -2.12. The second-order valence-electron chi connectivity index (χ2n) is 10.9. The molecule has 0 atom stereocenters. The van der Waals surface area contributed by atoms with Gasteiger partial charge in [0, 0.05) is 41.9 Å². The summed E-state index contributed by atoms with van der Waals surface area (Å²) in [5.74, 6) is 0. The molecule has 0 unspecified atom stereocenters. The molecule has 0 fully saturated rings. The van der Waals surface area contributed by atoms with E-state index in [1.807, 2.05) is 23.5 Å². The Bertz CT molecular complexity index is 2480. The first kappa shape index (κ1) is 24.2. The van der Waals surface area contributed by atoms with Gasteiger partial charge in [-0.3, -0.25) is 0 Å². The Morgan fingerprint density at radius 2 is 1.09 bits per heavy atom. The highest BCUT2D eigenvalue weighted by atomic mass is 32.1. The molecule has 0 amide bonds. The summed E-state index contributed by atoms with van der Waals surface area (Å²) in [7, 11) is 0. The van der Waals surface area contributed by atoms with Crippen molar-refractivity contribution in [2.75, 3.05) is 4.90 Å². The highest BCUT2D eigenvalue weighted by molar-refractivity contribution is 7.26. The Kier molecular flexibility index (Phi) is 5.40. The minimum atomic E-state index is 0.899. The Morgan fingerprint density at radius 1 is 0.442 bits per heavy atom. The van der Waals surface area contributed by atoms with Gasteiger partial charge < -0.3 is 9.32 Å². The predicted molar refractivity (Wildman–Crippen MR) is 184 cm³/mol. The highest BCUT2D eigenvalue weighted by Crippen LogP contribution is 2.48. The van der Waals surface area contributed by atoms with E-state index in [-0.39, 0.29) is 0 Å². The van der Waals surface area contributed by atoms with E-state index in [0.29, 0.717) is 0 Å². The Morgan fingerprint density at radius 3 is 2.05 bits per heavy atom. The van der Waals surface area contributed by atoms with Crippen molar-refractivity contribution in [3.05, 3.63) is 152 Å². The summed E-state index contributed by atoms with van der Waals surface area (Å²) in [5.41, 5.74) is 7.52. The summed E-state index contributed by atoms with van der Waals surface area (Å²) in [6, 6.07) is 54.3. The summed E-state index contributed by atoms with van der Waals surface area (Å²) >= 11 is 1.85. The zero-order valence-corrected chi connectivity index (χ0v) is 24.0. The third kappa shape index (κ3) is 3.79. The fourth-order valence-corrected chi connectivity index (χ4v) is 7.67. The molecule has 9 rings (SSSR count). The summed E-state index contributed by atoms with van der Waals surface area (Å²) in [6.45, 7) is 0. The van der Waals surface area contributed by atoms with Crippen molar-refractivity contribution in [3.63, 3.8) is 0 Å². The SMILES string of the molecule is c1ccc(N(c2cccc3ccccc23)c2cccc3sc4ccccc4c23)c(-c2ccc3c(c2)oc2ccccc23)c1. The van der Waals surface area contributed by atoms with Crippen molar-refractivity contribution in [1.29, 1.82) is 0 Å². The van der Waals surface area contributed by atoms with Crippen LogP contribution in [0.5, 0.6) is 0 Å². The van der Waals surface area contributed by atoms with Crippen molar-refractivity contribution in [2.45, 2.75) is 0 Å². The van der Waals surface area contributed by atoms with Crippen LogP contribution in [0.4, 0.5) is 17.1 Å². The molecule has 2 nitrogen and oxygen atoms in total. The number of para-hydroxylation sites is 2. The fraction of sp³-hybridized carbons (Fsp3) is 0. The maximum Gasteiger partial charge on any atom is 0.136 e. The summed E-state index contributed by atoms with van der Waals surface area (Å²) in [6.07, 6.45) is 0. The number of hydrogen-bond acceptors (Lipinski definition) is 3. The van der Waals surface area contributed by atoms with Crippen LogP contribution in [0.2, 0.25) is 0 Å². The number of thiophene rings is 1. The molecule has 0 aliphatic heterocycles. The van der Waals surface area contributed by atoms with Gasteiger partial charge in [-0.1, -0.05) is 103 Å². The fourth-order valence-electron chi connectivity index (χ4n) is 6.54. The van der Waals surface area contributed by atoms with Gasteiger partial charge in [-0.15, -0.1) is 11.3 Å². The highest BCUT2D eigenvalue weighted by Gasteiger charge is 2.22. The average molecular weight is 568 g/mol. The van der Waals surface area contributed by atoms with Gasteiger partial charge >= 0.3 is 0 Å². The average Bonchev–Trinajstić information content (AvgIpc) is 3.64. The number of nitrogens with zero attached hydrogens (tertiary/aromatic N) is 1. The molecule has 0 aliphatic rings. The van der Waals surface area contributed by atoms with E-state index in [9.17, 15) is 0 Å². The summed E-state index contributed by atoms with van der Waals surface area (Å²) in [4.78, 5) is 2.46.